The number of hydrogen-bond donors (Lipinski definition) is 2. The van der Waals surface area contributed by atoms with Crippen molar-refractivity contribution >= 4 is 22.4 Å². The van der Waals surface area contributed by atoms with Crippen LogP contribution in [0.4, 0.5) is 5.13 Å². The van der Waals surface area contributed by atoms with E-state index in [2.05, 4.69) is 17.2 Å². The van der Waals surface area contributed by atoms with E-state index >= 15 is 0 Å². The molecule has 1 aromatic heterocycles. The van der Waals surface area contributed by atoms with Gasteiger partial charge in [0.1, 0.15) is 5.60 Å². The van der Waals surface area contributed by atoms with Gasteiger partial charge in [-0.1, -0.05) is 13.3 Å². The van der Waals surface area contributed by atoms with Crippen LogP contribution in [0.25, 0.3) is 0 Å². The number of aromatic nitrogens is 1. The smallest absolute Gasteiger partial charge is 0.258 e. The summed E-state index contributed by atoms with van der Waals surface area (Å²) in [6, 6.07) is 0. The van der Waals surface area contributed by atoms with Crippen molar-refractivity contribution in [3.8, 4) is 0 Å². The maximum absolute atomic E-state index is 11.9. The Morgan fingerprint density at radius 2 is 2.29 bits per heavy atom. The average Bonchev–Trinajstić information content (AvgIpc) is 2.90. The van der Waals surface area contributed by atoms with Crippen molar-refractivity contribution in [3.63, 3.8) is 0 Å². The monoisotopic (exact) mass is 254 g/mol. The lowest BCUT2D eigenvalue weighted by atomic mass is 10.0. The molecule has 4 nitrogen and oxygen atoms in total. The zero-order valence-corrected chi connectivity index (χ0v) is 10.8. The summed E-state index contributed by atoms with van der Waals surface area (Å²) in [5.74, 6) is -0.299. The number of aryl methyl sites for hydroxylation is 1. The van der Waals surface area contributed by atoms with E-state index in [1.165, 1.54) is 11.3 Å². The zero-order chi connectivity index (χ0) is 12.3. The molecule has 1 aromatic rings. The number of carbonyl (C=O) groups excluding carboxylic acids is 1. The van der Waals surface area contributed by atoms with E-state index in [9.17, 15) is 9.90 Å². The number of nitrogens with zero attached hydrogens (tertiary/aromatic N) is 1. The van der Waals surface area contributed by atoms with Crippen LogP contribution < -0.4 is 5.32 Å². The Morgan fingerprint density at radius 3 is 2.94 bits per heavy atom. The fraction of sp³-hybridized carbons (Fsp3) is 0.667. The molecule has 0 unspecified atom stereocenters. The molecule has 1 heterocycles. The predicted octanol–water partition coefficient (Wildman–Crippen LogP) is 2.34. The third-order valence-electron chi connectivity index (χ3n) is 3.13. The van der Waals surface area contributed by atoms with Gasteiger partial charge in [0.2, 0.25) is 0 Å². The summed E-state index contributed by atoms with van der Waals surface area (Å²) < 4.78 is 0. The molecular formula is C12H18N2O2S. The first-order valence-corrected chi connectivity index (χ1v) is 7.00. The molecule has 2 rings (SSSR count). The Balaban J connectivity index is 1.97. The summed E-state index contributed by atoms with van der Waals surface area (Å²) in [7, 11) is 0. The largest absolute Gasteiger partial charge is 0.380 e. The number of nitrogens with one attached hydrogen (secondary N) is 1. The van der Waals surface area contributed by atoms with Crippen LogP contribution in [0.2, 0.25) is 0 Å². The SMILES string of the molecule is CCCc1csc(NC(=O)C2(O)CCCC2)n1. The van der Waals surface area contributed by atoms with Crippen LogP contribution in [0.3, 0.4) is 0 Å². The first kappa shape index (κ1) is 12.5. The number of hydrogen-bond acceptors (Lipinski definition) is 4. The van der Waals surface area contributed by atoms with Crippen LogP contribution in [0.1, 0.15) is 44.7 Å². The van der Waals surface area contributed by atoms with Crippen LogP contribution in [0, 0.1) is 0 Å². The summed E-state index contributed by atoms with van der Waals surface area (Å²) in [6.07, 6.45) is 4.93. The van der Waals surface area contributed by atoms with Crippen molar-refractivity contribution < 1.29 is 9.90 Å². The van der Waals surface area contributed by atoms with Crippen molar-refractivity contribution in [2.45, 2.75) is 51.0 Å². The maximum atomic E-state index is 11.9. The fourth-order valence-corrected chi connectivity index (χ4v) is 2.88. The summed E-state index contributed by atoms with van der Waals surface area (Å²) in [6.45, 7) is 2.10. The van der Waals surface area contributed by atoms with Crippen LogP contribution in [0.15, 0.2) is 5.38 Å². The molecule has 0 radical (unpaired) electrons. The lowest BCUT2D eigenvalue weighted by Crippen LogP contribution is -2.40. The molecule has 0 aromatic carbocycles. The van der Waals surface area contributed by atoms with Gasteiger partial charge in [-0.05, 0) is 32.1 Å². The average molecular weight is 254 g/mol. The maximum Gasteiger partial charge on any atom is 0.258 e. The summed E-state index contributed by atoms with van der Waals surface area (Å²) in [4.78, 5) is 16.2. The Bertz CT molecular complexity index is 397. The highest BCUT2D eigenvalue weighted by Crippen LogP contribution is 2.31. The number of amides is 1. The van der Waals surface area contributed by atoms with E-state index in [1.54, 1.807) is 0 Å². The van der Waals surface area contributed by atoms with Gasteiger partial charge in [-0.3, -0.25) is 10.1 Å². The Kier molecular flexibility index (Phi) is 3.79. The van der Waals surface area contributed by atoms with E-state index < -0.39 is 5.60 Å². The van der Waals surface area contributed by atoms with E-state index in [4.69, 9.17) is 0 Å². The second kappa shape index (κ2) is 5.14. The van der Waals surface area contributed by atoms with Gasteiger partial charge in [0.25, 0.3) is 5.91 Å². The highest BCUT2D eigenvalue weighted by molar-refractivity contribution is 7.13. The highest BCUT2D eigenvalue weighted by Gasteiger charge is 2.39. The quantitative estimate of drug-likeness (QED) is 0.867. The van der Waals surface area contributed by atoms with Crippen LogP contribution >= 0.6 is 11.3 Å². The fourth-order valence-electron chi connectivity index (χ4n) is 2.14. The second-order valence-corrected chi connectivity index (χ2v) is 5.44. The summed E-state index contributed by atoms with van der Waals surface area (Å²) in [5.41, 5.74) is -0.164. The summed E-state index contributed by atoms with van der Waals surface area (Å²) >= 11 is 1.42. The molecule has 0 saturated heterocycles. The number of thiazole rings is 1. The zero-order valence-electron chi connectivity index (χ0n) is 10.0. The van der Waals surface area contributed by atoms with Gasteiger partial charge in [0, 0.05) is 5.38 Å². The molecule has 1 aliphatic carbocycles. The molecule has 17 heavy (non-hydrogen) atoms. The standard InChI is InChI=1S/C12H18N2O2S/c1-2-5-9-8-17-11(13-9)14-10(15)12(16)6-3-4-7-12/h8,16H,2-7H2,1H3,(H,13,14,15). The lowest BCUT2D eigenvalue weighted by molar-refractivity contribution is -0.133. The van der Waals surface area contributed by atoms with Crippen molar-refractivity contribution in [3.05, 3.63) is 11.1 Å². The molecule has 0 aliphatic heterocycles. The third-order valence-corrected chi connectivity index (χ3v) is 3.94. The van der Waals surface area contributed by atoms with Gasteiger partial charge in [-0.2, -0.15) is 0 Å². The summed E-state index contributed by atoms with van der Waals surface area (Å²) in [5, 5.41) is 15.4. The van der Waals surface area contributed by atoms with Crippen molar-refractivity contribution in [1.29, 1.82) is 0 Å². The molecule has 1 amide bonds. The minimum Gasteiger partial charge on any atom is -0.380 e. The van der Waals surface area contributed by atoms with Gasteiger partial charge >= 0.3 is 0 Å². The van der Waals surface area contributed by atoms with E-state index in [0.29, 0.717) is 18.0 Å². The van der Waals surface area contributed by atoms with E-state index in [0.717, 1.165) is 31.4 Å². The number of aliphatic hydroxyl groups is 1. The normalized spacial score (nSPS) is 18.2. The minimum atomic E-state index is -1.17. The first-order valence-electron chi connectivity index (χ1n) is 6.12. The molecule has 0 bridgehead atoms. The van der Waals surface area contributed by atoms with Gasteiger partial charge in [0.15, 0.2) is 5.13 Å². The molecule has 0 spiro atoms. The Morgan fingerprint density at radius 1 is 1.59 bits per heavy atom. The Labute approximate surface area is 105 Å². The third kappa shape index (κ3) is 2.84. The molecule has 1 aliphatic rings. The molecule has 1 fully saturated rings. The van der Waals surface area contributed by atoms with E-state index in [-0.39, 0.29) is 5.91 Å². The molecule has 2 N–H and O–H groups in total. The lowest BCUT2D eigenvalue weighted by Gasteiger charge is -2.19. The van der Waals surface area contributed by atoms with Crippen LogP contribution in [-0.4, -0.2) is 21.6 Å². The van der Waals surface area contributed by atoms with Gasteiger partial charge in [0.05, 0.1) is 5.69 Å². The number of rotatable bonds is 4. The van der Waals surface area contributed by atoms with E-state index in [1.807, 2.05) is 5.38 Å². The van der Waals surface area contributed by atoms with Crippen LogP contribution in [0.5, 0.6) is 0 Å². The topological polar surface area (TPSA) is 62.2 Å². The molecule has 1 saturated carbocycles. The molecular weight excluding hydrogens is 236 g/mol. The van der Waals surface area contributed by atoms with Gasteiger partial charge in [-0.15, -0.1) is 11.3 Å². The van der Waals surface area contributed by atoms with Crippen molar-refractivity contribution in [1.82, 2.24) is 4.98 Å². The number of anilines is 1. The van der Waals surface area contributed by atoms with Gasteiger partial charge in [-0.25, -0.2) is 4.98 Å². The molecule has 94 valence electrons. The molecule has 0 atom stereocenters. The second-order valence-electron chi connectivity index (χ2n) is 4.59. The first-order chi connectivity index (χ1) is 8.14. The van der Waals surface area contributed by atoms with Crippen molar-refractivity contribution in [2.24, 2.45) is 0 Å². The Hall–Kier alpha value is -0.940. The minimum absolute atomic E-state index is 0.299. The van der Waals surface area contributed by atoms with Crippen molar-refractivity contribution in [2.75, 3.05) is 5.32 Å². The highest BCUT2D eigenvalue weighted by atomic mass is 32.1. The predicted molar refractivity (Wildman–Crippen MR) is 68.2 cm³/mol. The number of carbonyl (C=O) groups is 1. The molecule has 5 heteroatoms. The van der Waals surface area contributed by atoms with Gasteiger partial charge < -0.3 is 5.11 Å². The van der Waals surface area contributed by atoms with Crippen LogP contribution in [-0.2, 0) is 11.2 Å².